The molecule has 2 nitrogen and oxygen atoms in total. The van der Waals surface area contributed by atoms with Gasteiger partial charge in [0.05, 0.1) is 6.61 Å². The van der Waals surface area contributed by atoms with Crippen LogP contribution < -0.4 is 0 Å². The Morgan fingerprint density at radius 2 is 2.11 bits per heavy atom. The van der Waals surface area contributed by atoms with Gasteiger partial charge in [-0.3, -0.25) is 0 Å². The molecule has 2 aliphatic rings. The standard InChI is InChI=1S/C17H26O2/c1-5-19-17(18)13(4)10-14-8-6-11(2)15-9-7-12(3)16(14)15/h10-11,14-15H,5-9H2,1-4H3/t11-,14+,15-/m1/s1. The summed E-state index contributed by atoms with van der Waals surface area (Å²) in [6, 6.07) is 0. The first-order valence-electron chi connectivity index (χ1n) is 7.59. The van der Waals surface area contributed by atoms with Gasteiger partial charge < -0.3 is 4.74 Å². The van der Waals surface area contributed by atoms with Crippen LogP contribution in [-0.2, 0) is 9.53 Å². The molecule has 2 rings (SSSR count). The number of carbonyl (C=O) groups excluding carboxylic acids is 1. The molecule has 106 valence electrons. The van der Waals surface area contributed by atoms with Gasteiger partial charge in [-0.1, -0.05) is 24.1 Å². The molecule has 1 fully saturated rings. The highest BCUT2D eigenvalue weighted by Crippen LogP contribution is 2.48. The van der Waals surface area contributed by atoms with Gasteiger partial charge in [0, 0.05) is 5.57 Å². The molecule has 0 spiro atoms. The molecule has 0 heterocycles. The maximum absolute atomic E-state index is 11.7. The highest BCUT2D eigenvalue weighted by atomic mass is 16.5. The summed E-state index contributed by atoms with van der Waals surface area (Å²) in [5.74, 6) is 1.87. The van der Waals surface area contributed by atoms with Crippen LogP contribution in [0.4, 0.5) is 0 Å². The van der Waals surface area contributed by atoms with Gasteiger partial charge in [-0.25, -0.2) is 4.79 Å². The van der Waals surface area contributed by atoms with Crippen molar-refractivity contribution in [3.05, 3.63) is 22.8 Å². The van der Waals surface area contributed by atoms with E-state index in [0.29, 0.717) is 12.5 Å². The zero-order chi connectivity index (χ0) is 14.0. The molecule has 3 atom stereocenters. The predicted molar refractivity (Wildman–Crippen MR) is 77.7 cm³/mol. The molecule has 19 heavy (non-hydrogen) atoms. The van der Waals surface area contributed by atoms with E-state index < -0.39 is 0 Å². The molecule has 0 aromatic carbocycles. The summed E-state index contributed by atoms with van der Waals surface area (Å²) < 4.78 is 5.08. The molecule has 2 heteroatoms. The largest absolute Gasteiger partial charge is 0.463 e. The smallest absolute Gasteiger partial charge is 0.333 e. The van der Waals surface area contributed by atoms with Crippen molar-refractivity contribution in [1.29, 1.82) is 0 Å². The van der Waals surface area contributed by atoms with E-state index in [-0.39, 0.29) is 5.97 Å². The second kappa shape index (κ2) is 5.94. The van der Waals surface area contributed by atoms with Crippen molar-refractivity contribution in [2.75, 3.05) is 6.61 Å². The van der Waals surface area contributed by atoms with Crippen molar-refractivity contribution in [3.8, 4) is 0 Å². The average molecular weight is 262 g/mol. The van der Waals surface area contributed by atoms with Crippen molar-refractivity contribution in [1.82, 2.24) is 0 Å². The number of ether oxygens (including phenoxy) is 1. The Balaban J connectivity index is 2.18. The van der Waals surface area contributed by atoms with Gasteiger partial charge in [-0.15, -0.1) is 0 Å². The van der Waals surface area contributed by atoms with E-state index in [4.69, 9.17) is 4.74 Å². The molecule has 0 bridgehead atoms. The minimum Gasteiger partial charge on any atom is -0.463 e. The zero-order valence-corrected chi connectivity index (χ0v) is 12.7. The third-order valence-electron chi connectivity index (χ3n) is 4.79. The van der Waals surface area contributed by atoms with Crippen LogP contribution in [0.2, 0.25) is 0 Å². The van der Waals surface area contributed by atoms with Gasteiger partial charge in [0.2, 0.25) is 0 Å². The Bertz CT molecular complexity index is 417. The summed E-state index contributed by atoms with van der Waals surface area (Å²) in [5, 5.41) is 0. The van der Waals surface area contributed by atoms with E-state index in [1.807, 2.05) is 13.8 Å². The first-order valence-corrected chi connectivity index (χ1v) is 7.59. The maximum atomic E-state index is 11.7. The molecule has 0 aromatic rings. The Hall–Kier alpha value is -1.05. The van der Waals surface area contributed by atoms with Crippen molar-refractivity contribution in [2.24, 2.45) is 17.8 Å². The van der Waals surface area contributed by atoms with Crippen molar-refractivity contribution in [2.45, 2.75) is 53.4 Å². The second-order valence-electron chi connectivity index (χ2n) is 6.11. The van der Waals surface area contributed by atoms with Crippen LogP contribution in [0.3, 0.4) is 0 Å². The van der Waals surface area contributed by atoms with Gasteiger partial charge in [-0.2, -0.15) is 0 Å². The van der Waals surface area contributed by atoms with Gasteiger partial charge in [0.1, 0.15) is 0 Å². The van der Waals surface area contributed by atoms with Gasteiger partial charge in [0.15, 0.2) is 0 Å². The number of esters is 1. The van der Waals surface area contributed by atoms with Crippen LogP contribution in [-0.4, -0.2) is 12.6 Å². The van der Waals surface area contributed by atoms with Crippen LogP contribution in [0, 0.1) is 17.8 Å². The Kier molecular flexibility index (Phi) is 4.49. The fourth-order valence-electron chi connectivity index (χ4n) is 3.76. The predicted octanol–water partition coefficient (Wildman–Crippen LogP) is 4.27. The molecule has 0 amide bonds. The molecule has 0 aromatic heterocycles. The van der Waals surface area contributed by atoms with Crippen LogP contribution in [0.1, 0.15) is 53.4 Å². The van der Waals surface area contributed by atoms with E-state index in [9.17, 15) is 4.79 Å². The van der Waals surface area contributed by atoms with E-state index in [2.05, 4.69) is 19.9 Å². The fourth-order valence-corrected chi connectivity index (χ4v) is 3.76. The minimum absolute atomic E-state index is 0.158. The zero-order valence-electron chi connectivity index (χ0n) is 12.7. The van der Waals surface area contributed by atoms with Crippen LogP contribution in [0.15, 0.2) is 22.8 Å². The van der Waals surface area contributed by atoms with Crippen molar-refractivity contribution in [3.63, 3.8) is 0 Å². The summed E-state index contributed by atoms with van der Waals surface area (Å²) in [6.45, 7) is 8.84. The number of hydrogen-bond donors (Lipinski definition) is 0. The van der Waals surface area contributed by atoms with Crippen LogP contribution in [0.5, 0.6) is 0 Å². The summed E-state index contributed by atoms with van der Waals surface area (Å²) in [5.41, 5.74) is 3.96. The molecule has 0 radical (unpaired) electrons. The lowest BCUT2D eigenvalue weighted by molar-refractivity contribution is -0.138. The topological polar surface area (TPSA) is 26.3 Å². The number of fused-ring (bicyclic) bond motifs is 1. The third kappa shape index (κ3) is 2.93. The summed E-state index contributed by atoms with van der Waals surface area (Å²) >= 11 is 0. The summed E-state index contributed by atoms with van der Waals surface area (Å²) in [4.78, 5) is 11.7. The lowest BCUT2D eigenvalue weighted by Gasteiger charge is -2.34. The first-order chi connectivity index (χ1) is 9.04. The number of rotatable bonds is 3. The molecule has 2 aliphatic carbocycles. The van der Waals surface area contributed by atoms with Crippen LogP contribution >= 0.6 is 0 Å². The van der Waals surface area contributed by atoms with Gasteiger partial charge >= 0.3 is 5.97 Å². The molecule has 1 saturated carbocycles. The Labute approximate surface area is 116 Å². The molecular weight excluding hydrogens is 236 g/mol. The Morgan fingerprint density at radius 3 is 2.79 bits per heavy atom. The number of carbonyl (C=O) groups is 1. The van der Waals surface area contributed by atoms with Crippen molar-refractivity contribution < 1.29 is 9.53 Å². The second-order valence-corrected chi connectivity index (χ2v) is 6.11. The normalized spacial score (nSPS) is 31.4. The molecular formula is C17H26O2. The van der Waals surface area contributed by atoms with Gasteiger partial charge in [-0.05, 0) is 64.2 Å². The average Bonchev–Trinajstić information content (AvgIpc) is 2.76. The van der Waals surface area contributed by atoms with Gasteiger partial charge in [0.25, 0.3) is 0 Å². The first kappa shape index (κ1) is 14.4. The number of allylic oxidation sites excluding steroid dienone is 3. The van der Waals surface area contributed by atoms with E-state index in [0.717, 1.165) is 17.4 Å². The molecule has 0 unspecified atom stereocenters. The highest BCUT2D eigenvalue weighted by molar-refractivity contribution is 5.87. The number of hydrogen-bond acceptors (Lipinski definition) is 2. The summed E-state index contributed by atoms with van der Waals surface area (Å²) in [7, 11) is 0. The quantitative estimate of drug-likeness (QED) is 0.431. The third-order valence-corrected chi connectivity index (χ3v) is 4.79. The SMILES string of the molecule is CCOC(=O)C(C)=C[C@@H]1CC[C@@H](C)[C@H]2CCC(C)=C12. The molecule has 0 saturated heterocycles. The lowest BCUT2D eigenvalue weighted by Crippen LogP contribution is -2.23. The fraction of sp³-hybridized carbons (Fsp3) is 0.706. The Morgan fingerprint density at radius 1 is 1.37 bits per heavy atom. The maximum Gasteiger partial charge on any atom is 0.333 e. The molecule has 0 N–H and O–H groups in total. The van der Waals surface area contributed by atoms with Crippen molar-refractivity contribution >= 4 is 5.97 Å². The minimum atomic E-state index is -0.158. The lowest BCUT2D eigenvalue weighted by atomic mass is 9.71. The van der Waals surface area contributed by atoms with E-state index in [1.165, 1.54) is 25.7 Å². The van der Waals surface area contributed by atoms with E-state index >= 15 is 0 Å². The molecule has 0 aliphatic heterocycles. The van der Waals surface area contributed by atoms with E-state index in [1.54, 1.807) is 11.1 Å². The summed E-state index contributed by atoms with van der Waals surface area (Å²) in [6.07, 6.45) is 7.17. The monoisotopic (exact) mass is 262 g/mol. The van der Waals surface area contributed by atoms with Crippen LogP contribution in [0.25, 0.3) is 0 Å². The highest BCUT2D eigenvalue weighted by Gasteiger charge is 2.36.